The van der Waals surface area contributed by atoms with Crippen molar-refractivity contribution in [3.63, 3.8) is 0 Å². The second-order valence-electron chi connectivity index (χ2n) is 5.24. The highest BCUT2D eigenvalue weighted by Crippen LogP contribution is 2.37. The van der Waals surface area contributed by atoms with Gasteiger partial charge in [0, 0.05) is 17.8 Å². The summed E-state index contributed by atoms with van der Waals surface area (Å²) in [5.74, 6) is 2.07. The molecule has 1 aromatic rings. The highest BCUT2D eigenvalue weighted by molar-refractivity contribution is 8.00. The monoisotopic (exact) mass is 281 g/mol. The van der Waals surface area contributed by atoms with E-state index in [0.29, 0.717) is 17.1 Å². The summed E-state index contributed by atoms with van der Waals surface area (Å²) < 4.78 is 5.78. The third-order valence-electron chi connectivity index (χ3n) is 3.45. The summed E-state index contributed by atoms with van der Waals surface area (Å²) in [5, 5.41) is 13.2. The lowest BCUT2D eigenvalue weighted by atomic mass is 10.1. The lowest BCUT2D eigenvalue weighted by molar-refractivity contribution is 0.317. The Hall–Kier alpha value is -0.870. The van der Waals surface area contributed by atoms with Crippen LogP contribution in [0.1, 0.15) is 32.3 Å². The van der Waals surface area contributed by atoms with Crippen LogP contribution in [0.2, 0.25) is 0 Å². The fourth-order valence-corrected chi connectivity index (χ4v) is 3.66. The minimum atomic E-state index is 0.212. The predicted molar refractivity (Wildman–Crippen MR) is 81.1 cm³/mol. The Kier molecular flexibility index (Phi) is 4.99. The van der Waals surface area contributed by atoms with Crippen LogP contribution in [0.3, 0.4) is 0 Å². The van der Waals surface area contributed by atoms with Gasteiger partial charge in [0.2, 0.25) is 0 Å². The molecule has 4 heteroatoms. The molecule has 0 bridgehead atoms. The lowest BCUT2D eigenvalue weighted by Crippen LogP contribution is -2.32. The maximum Gasteiger partial charge on any atom is 0.161 e. The van der Waals surface area contributed by atoms with Crippen molar-refractivity contribution in [3.05, 3.63) is 23.8 Å². The first-order valence-corrected chi connectivity index (χ1v) is 7.91. The van der Waals surface area contributed by atoms with Crippen LogP contribution in [0, 0.1) is 0 Å². The van der Waals surface area contributed by atoms with Crippen LogP contribution < -0.4 is 10.1 Å². The Bertz CT molecular complexity index is 417. The van der Waals surface area contributed by atoms with E-state index in [-0.39, 0.29) is 5.75 Å². The molecule has 0 radical (unpaired) electrons. The van der Waals surface area contributed by atoms with E-state index >= 15 is 0 Å². The fourth-order valence-electron chi connectivity index (χ4n) is 2.39. The molecule has 0 aliphatic carbocycles. The van der Waals surface area contributed by atoms with Gasteiger partial charge in [0.1, 0.15) is 0 Å². The summed E-state index contributed by atoms with van der Waals surface area (Å²) in [6.45, 7) is 6.67. The number of aromatic hydroxyl groups is 1. The Labute approximate surface area is 119 Å². The quantitative estimate of drug-likeness (QED) is 0.840. The average Bonchev–Trinajstić information content (AvgIpc) is 2.81. The van der Waals surface area contributed by atoms with Gasteiger partial charge < -0.3 is 15.2 Å². The van der Waals surface area contributed by atoms with Crippen molar-refractivity contribution in [2.24, 2.45) is 0 Å². The van der Waals surface area contributed by atoms with E-state index in [2.05, 4.69) is 24.0 Å². The molecule has 1 heterocycles. The van der Waals surface area contributed by atoms with Crippen molar-refractivity contribution >= 4 is 11.8 Å². The van der Waals surface area contributed by atoms with Crippen LogP contribution in [0.4, 0.5) is 0 Å². The number of phenols is 1. The second-order valence-corrected chi connectivity index (χ2v) is 6.92. The van der Waals surface area contributed by atoms with Crippen molar-refractivity contribution in [3.8, 4) is 11.5 Å². The summed E-state index contributed by atoms with van der Waals surface area (Å²) in [5.41, 5.74) is 1.15. The minimum Gasteiger partial charge on any atom is -0.504 e. The lowest BCUT2D eigenvalue weighted by Gasteiger charge is -2.23. The number of nitrogens with one attached hydrogen (secondary N) is 1. The van der Waals surface area contributed by atoms with Crippen LogP contribution in [-0.4, -0.2) is 28.8 Å². The van der Waals surface area contributed by atoms with Gasteiger partial charge in [-0.05, 0) is 50.1 Å². The number of phenolic OH excluding ortho intramolecular Hbond substituents is 1. The van der Waals surface area contributed by atoms with Crippen LogP contribution in [0.25, 0.3) is 0 Å². The molecule has 1 saturated heterocycles. The van der Waals surface area contributed by atoms with Gasteiger partial charge in [-0.3, -0.25) is 0 Å². The topological polar surface area (TPSA) is 41.5 Å². The molecule has 0 spiro atoms. The highest BCUT2D eigenvalue weighted by atomic mass is 32.2. The number of rotatable bonds is 6. The Balaban J connectivity index is 1.87. The van der Waals surface area contributed by atoms with Gasteiger partial charge in [-0.2, -0.15) is 11.8 Å². The van der Waals surface area contributed by atoms with E-state index in [9.17, 15) is 5.11 Å². The maximum atomic E-state index is 9.66. The molecule has 1 aliphatic heterocycles. The molecule has 0 aromatic heterocycles. The molecular weight excluding hydrogens is 258 g/mol. The summed E-state index contributed by atoms with van der Waals surface area (Å²) in [7, 11) is 0. The normalized spacial score (nSPS) is 22.6. The van der Waals surface area contributed by atoms with Crippen LogP contribution >= 0.6 is 11.8 Å². The molecule has 1 fully saturated rings. The van der Waals surface area contributed by atoms with Crippen molar-refractivity contribution in [2.75, 3.05) is 18.9 Å². The van der Waals surface area contributed by atoms with Gasteiger partial charge in [-0.25, -0.2) is 0 Å². The van der Waals surface area contributed by atoms with E-state index in [4.69, 9.17) is 4.74 Å². The van der Waals surface area contributed by atoms with E-state index in [1.807, 2.05) is 19.1 Å². The number of benzene rings is 1. The number of hydrogen-bond acceptors (Lipinski definition) is 4. The van der Waals surface area contributed by atoms with Gasteiger partial charge in [0.15, 0.2) is 11.5 Å². The molecule has 0 amide bonds. The molecule has 106 valence electrons. The first kappa shape index (κ1) is 14.5. The van der Waals surface area contributed by atoms with Gasteiger partial charge in [0.05, 0.1) is 6.61 Å². The zero-order valence-corrected chi connectivity index (χ0v) is 12.6. The standard InChI is InChI=1S/C15H23NO2S/c1-3-18-14-9-12(5-6-13(14)17)10-16-11-15(2)7-4-8-19-15/h5-6,9,16-17H,3-4,7-8,10-11H2,1-2H3. The van der Waals surface area contributed by atoms with Crippen LogP contribution in [0.5, 0.6) is 11.5 Å². The SMILES string of the molecule is CCOc1cc(CNCC2(C)CCCS2)ccc1O. The molecule has 1 aliphatic rings. The van der Waals surface area contributed by atoms with Crippen molar-refractivity contribution in [2.45, 2.75) is 38.0 Å². The molecule has 1 aromatic carbocycles. The zero-order chi connectivity index (χ0) is 13.7. The first-order valence-electron chi connectivity index (χ1n) is 6.92. The van der Waals surface area contributed by atoms with Gasteiger partial charge in [0.25, 0.3) is 0 Å². The average molecular weight is 281 g/mol. The molecule has 19 heavy (non-hydrogen) atoms. The molecule has 3 nitrogen and oxygen atoms in total. The zero-order valence-electron chi connectivity index (χ0n) is 11.7. The molecule has 1 unspecified atom stereocenters. The van der Waals surface area contributed by atoms with Gasteiger partial charge in [-0.15, -0.1) is 0 Å². The van der Waals surface area contributed by atoms with E-state index in [0.717, 1.165) is 18.7 Å². The molecule has 1 atom stereocenters. The maximum absolute atomic E-state index is 9.66. The van der Waals surface area contributed by atoms with E-state index < -0.39 is 0 Å². The number of hydrogen-bond donors (Lipinski definition) is 2. The first-order chi connectivity index (χ1) is 9.13. The summed E-state index contributed by atoms with van der Waals surface area (Å²) in [6, 6.07) is 5.55. The Morgan fingerprint density at radius 1 is 1.47 bits per heavy atom. The summed E-state index contributed by atoms with van der Waals surface area (Å²) >= 11 is 2.07. The number of ether oxygens (including phenoxy) is 1. The minimum absolute atomic E-state index is 0.212. The summed E-state index contributed by atoms with van der Waals surface area (Å²) in [6.07, 6.45) is 2.63. The Morgan fingerprint density at radius 3 is 3.00 bits per heavy atom. The second kappa shape index (κ2) is 6.53. The van der Waals surface area contributed by atoms with Gasteiger partial charge >= 0.3 is 0 Å². The summed E-state index contributed by atoms with van der Waals surface area (Å²) in [4.78, 5) is 0. The fraction of sp³-hybridized carbons (Fsp3) is 0.600. The predicted octanol–water partition coefficient (Wildman–Crippen LogP) is 3.17. The highest BCUT2D eigenvalue weighted by Gasteiger charge is 2.28. The van der Waals surface area contributed by atoms with Crippen molar-refractivity contribution in [1.29, 1.82) is 0 Å². The molecule has 2 N–H and O–H groups in total. The number of thioether (sulfide) groups is 1. The molecule has 0 saturated carbocycles. The largest absolute Gasteiger partial charge is 0.504 e. The molecular formula is C15H23NO2S. The van der Waals surface area contributed by atoms with Gasteiger partial charge in [-0.1, -0.05) is 6.07 Å². The van der Waals surface area contributed by atoms with Crippen LogP contribution in [-0.2, 0) is 6.54 Å². The van der Waals surface area contributed by atoms with Crippen molar-refractivity contribution < 1.29 is 9.84 Å². The van der Waals surface area contributed by atoms with Crippen molar-refractivity contribution in [1.82, 2.24) is 5.32 Å². The van der Waals surface area contributed by atoms with E-state index in [1.165, 1.54) is 18.6 Å². The smallest absolute Gasteiger partial charge is 0.161 e. The third-order valence-corrected chi connectivity index (χ3v) is 4.99. The van der Waals surface area contributed by atoms with E-state index in [1.54, 1.807) is 6.07 Å². The third kappa shape index (κ3) is 4.05. The van der Waals surface area contributed by atoms with Crippen LogP contribution in [0.15, 0.2) is 18.2 Å². The molecule has 2 rings (SSSR count). The Morgan fingerprint density at radius 2 is 2.32 bits per heavy atom.